The second kappa shape index (κ2) is 7.50. The molecule has 1 saturated carbocycles. The number of aromatic nitrogens is 1. The lowest BCUT2D eigenvalue weighted by atomic mass is 10.1. The van der Waals surface area contributed by atoms with E-state index in [1.807, 2.05) is 35.2 Å². The van der Waals surface area contributed by atoms with E-state index in [1.54, 1.807) is 7.11 Å². The fourth-order valence-electron chi connectivity index (χ4n) is 3.33. The molecule has 2 aromatic rings. The Bertz CT molecular complexity index is 745. The largest absolute Gasteiger partial charge is 0.497 e. The number of benzene rings is 1. The third-order valence-corrected chi connectivity index (χ3v) is 4.97. The van der Waals surface area contributed by atoms with Gasteiger partial charge in [0.25, 0.3) is 0 Å². The van der Waals surface area contributed by atoms with Crippen molar-refractivity contribution >= 4 is 5.91 Å². The predicted octanol–water partition coefficient (Wildman–Crippen LogP) is 3.27. The second-order valence-corrected chi connectivity index (χ2v) is 7.04. The van der Waals surface area contributed by atoms with E-state index in [2.05, 4.69) is 5.16 Å². The first kappa shape index (κ1) is 17.1. The van der Waals surface area contributed by atoms with Gasteiger partial charge >= 0.3 is 0 Å². The number of carbonyl (C=O) groups excluding carboxylic acids is 1. The van der Waals surface area contributed by atoms with Crippen molar-refractivity contribution in [1.29, 1.82) is 0 Å². The van der Waals surface area contributed by atoms with Gasteiger partial charge in [0, 0.05) is 30.7 Å². The van der Waals surface area contributed by atoms with E-state index in [-0.39, 0.29) is 17.9 Å². The van der Waals surface area contributed by atoms with Crippen LogP contribution in [-0.2, 0) is 16.1 Å². The van der Waals surface area contributed by atoms with Crippen molar-refractivity contribution in [2.75, 3.05) is 20.3 Å². The normalized spacial score (nSPS) is 19.5. The predicted molar refractivity (Wildman–Crippen MR) is 95.6 cm³/mol. The van der Waals surface area contributed by atoms with Gasteiger partial charge in [0.15, 0.2) is 5.76 Å². The van der Waals surface area contributed by atoms with Crippen LogP contribution in [0.15, 0.2) is 34.9 Å². The van der Waals surface area contributed by atoms with Crippen LogP contribution in [0.5, 0.6) is 5.75 Å². The van der Waals surface area contributed by atoms with Gasteiger partial charge in [-0.3, -0.25) is 4.79 Å². The average Bonchev–Trinajstić information content (AvgIpc) is 3.20. The van der Waals surface area contributed by atoms with Crippen LogP contribution in [0.4, 0.5) is 0 Å². The highest BCUT2D eigenvalue weighted by atomic mass is 16.5. The fraction of sp³-hybridized carbons (Fsp3) is 0.500. The molecule has 0 spiro atoms. The monoisotopic (exact) mass is 356 g/mol. The van der Waals surface area contributed by atoms with E-state index in [1.165, 1.54) is 0 Å². The fourth-order valence-corrected chi connectivity index (χ4v) is 3.33. The van der Waals surface area contributed by atoms with Crippen molar-refractivity contribution in [2.24, 2.45) is 5.92 Å². The van der Waals surface area contributed by atoms with Crippen LogP contribution >= 0.6 is 0 Å². The van der Waals surface area contributed by atoms with E-state index in [0.29, 0.717) is 18.8 Å². The van der Waals surface area contributed by atoms with E-state index in [9.17, 15) is 4.79 Å². The van der Waals surface area contributed by atoms with Gasteiger partial charge < -0.3 is 18.9 Å². The van der Waals surface area contributed by atoms with Crippen LogP contribution in [0.2, 0.25) is 0 Å². The molecule has 0 N–H and O–H groups in total. The average molecular weight is 356 g/mol. The van der Waals surface area contributed by atoms with Crippen molar-refractivity contribution in [1.82, 2.24) is 10.1 Å². The lowest BCUT2D eigenvalue weighted by Crippen LogP contribution is -2.37. The zero-order chi connectivity index (χ0) is 17.9. The van der Waals surface area contributed by atoms with Gasteiger partial charge in [-0.2, -0.15) is 0 Å². The van der Waals surface area contributed by atoms with Gasteiger partial charge in [-0.1, -0.05) is 5.16 Å². The molecule has 1 saturated heterocycles. The molecule has 2 aliphatic rings. The summed E-state index contributed by atoms with van der Waals surface area (Å²) < 4.78 is 16.4. The first-order valence-corrected chi connectivity index (χ1v) is 9.23. The van der Waals surface area contributed by atoms with E-state index >= 15 is 0 Å². The smallest absolute Gasteiger partial charge is 0.226 e. The van der Waals surface area contributed by atoms with Crippen molar-refractivity contribution < 1.29 is 18.8 Å². The zero-order valence-corrected chi connectivity index (χ0v) is 15.0. The summed E-state index contributed by atoms with van der Waals surface area (Å²) in [4.78, 5) is 14.5. The quantitative estimate of drug-likeness (QED) is 0.762. The molecule has 6 heteroatoms. The number of rotatable bonds is 7. The summed E-state index contributed by atoms with van der Waals surface area (Å²) >= 11 is 0. The zero-order valence-electron chi connectivity index (χ0n) is 15.0. The molecule has 1 aromatic carbocycles. The van der Waals surface area contributed by atoms with Crippen LogP contribution in [-0.4, -0.2) is 42.3 Å². The summed E-state index contributed by atoms with van der Waals surface area (Å²) in [5.41, 5.74) is 1.70. The van der Waals surface area contributed by atoms with Crippen molar-refractivity contribution in [3.8, 4) is 17.1 Å². The molecule has 4 rings (SSSR count). The molecular formula is C20H24N2O4. The lowest BCUT2D eigenvalue weighted by molar-refractivity contribution is -0.134. The van der Waals surface area contributed by atoms with Crippen LogP contribution in [0, 0.1) is 5.92 Å². The van der Waals surface area contributed by atoms with Gasteiger partial charge in [0.05, 0.1) is 19.8 Å². The summed E-state index contributed by atoms with van der Waals surface area (Å²) in [6.45, 7) is 1.90. The molecule has 2 fully saturated rings. The number of carbonyl (C=O) groups is 1. The summed E-state index contributed by atoms with van der Waals surface area (Å²) in [7, 11) is 1.64. The molecule has 6 nitrogen and oxygen atoms in total. The summed E-state index contributed by atoms with van der Waals surface area (Å²) in [5, 5.41) is 4.17. The highest BCUT2D eigenvalue weighted by molar-refractivity contribution is 5.81. The summed E-state index contributed by atoms with van der Waals surface area (Å²) in [6, 6.07) is 9.55. The Hall–Kier alpha value is -2.34. The van der Waals surface area contributed by atoms with Crippen LogP contribution in [0.25, 0.3) is 11.3 Å². The van der Waals surface area contributed by atoms with Crippen LogP contribution in [0.3, 0.4) is 0 Å². The van der Waals surface area contributed by atoms with Crippen molar-refractivity contribution in [2.45, 2.75) is 38.3 Å². The van der Waals surface area contributed by atoms with Gasteiger partial charge in [-0.25, -0.2) is 0 Å². The Balaban J connectivity index is 1.46. The molecule has 1 aliphatic heterocycles. The van der Waals surface area contributed by atoms with Gasteiger partial charge in [0.1, 0.15) is 11.4 Å². The van der Waals surface area contributed by atoms with Crippen molar-refractivity contribution in [3.05, 3.63) is 36.0 Å². The number of nitrogens with zero attached hydrogens (tertiary/aromatic N) is 2. The minimum atomic E-state index is 0.144. The maximum atomic E-state index is 12.6. The molecule has 0 bridgehead atoms. The third-order valence-electron chi connectivity index (χ3n) is 4.97. The molecule has 1 unspecified atom stereocenters. The van der Waals surface area contributed by atoms with Crippen molar-refractivity contribution in [3.63, 3.8) is 0 Å². The summed E-state index contributed by atoms with van der Waals surface area (Å²) in [6.07, 6.45) is 4.23. The molecule has 1 aliphatic carbocycles. The SMILES string of the molecule is COc1ccc(-c2cc(CN(CC3CCCO3)C(=O)C3CC3)no2)cc1. The Morgan fingerprint density at radius 1 is 1.27 bits per heavy atom. The maximum absolute atomic E-state index is 12.6. The van der Waals surface area contributed by atoms with Crippen LogP contribution < -0.4 is 4.74 Å². The van der Waals surface area contributed by atoms with E-state index in [0.717, 1.165) is 49.3 Å². The molecule has 138 valence electrons. The number of hydrogen-bond acceptors (Lipinski definition) is 5. The third kappa shape index (κ3) is 3.90. The Morgan fingerprint density at radius 2 is 2.08 bits per heavy atom. The Labute approximate surface area is 153 Å². The minimum absolute atomic E-state index is 0.144. The molecule has 2 heterocycles. The highest BCUT2D eigenvalue weighted by Crippen LogP contribution is 2.32. The topological polar surface area (TPSA) is 64.8 Å². The minimum Gasteiger partial charge on any atom is -0.497 e. The first-order chi connectivity index (χ1) is 12.7. The second-order valence-electron chi connectivity index (χ2n) is 7.04. The molecule has 1 aromatic heterocycles. The number of amides is 1. The first-order valence-electron chi connectivity index (χ1n) is 9.23. The molecule has 26 heavy (non-hydrogen) atoms. The lowest BCUT2D eigenvalue weighted by Gasteiger charge is -2.24. The van der Waals surface area contributed by atoms with E-state index in [4.69, 9.17) is 14.0 Å². The van der Waals surface area contributed by atoms with Gasteiger partial charge in [-0.05, 0) is 49.9 Å². The van der Waals surface area contributed by atoms with Crippen LogP contribution in [0.1, 0.15) is 31.4 Å². The maximum Gasteiger partial charge on any atom is 0.226 e. The standard InChI is InChI=1S/C20H24N2O4/c1-24-17-8-6-14(7-9-17)19-11-16(21-26-19)12-22(20(23)15-4-5-15)13-18-3-2-10-25-18/h6-9,11,15,18H,2-5,10,12-13H2,1H3. The van der Waals surface area contributed by atoms with Gasteiger partial charge in [0.2, 0.25) is 5.91 Å². The number of ether oxygens (including phenoxy) is 2. The number of methoxy groups -OCH3 is 1. The van der Waals surface area contributed by atoms with Gasteiger partial charge in [-0.15, -0.1) is 0 Å². The van der Waals surface area contributed by atoms with E-state index < -0.39 is 0 Å². The highest BCUT2D eigenvalue weighted by Gasteiger charge is 2.35. The molecular weight excluding hydrogens is 332 g/mol. The number of hydrogen-bond donors (Lipinski definition) is 0. The molecule has 1 amide bonds. The Morgan fingerprint density at radius 3 is 2.73 bits per heavy atom. The Kier molecular flexibility index (Phi) is 4.93. The molecule has 0 radical (unpaired) electrons. The summed E-state index contributed by atoms with van der Waals surface area (Å²) in [5.74, 6) is 1.89. The molecule has 1 atom stereocenters.